The highest BCUT2D eigenvalue weighted by Gasteiger charge is 2.69. The number of anilines is 2. The molecule has 0 radical (unpaired) electrons. The van der Waals surface area contributed by atoms with Crippen LogP contribution >= 0.6 is 23.1 Å². The molecule has 10 heteroatoms. The van der Waals surface area contributed by atoms with Crippen molar-refractivity contribution in [3.8, 4) is 5.75 Å². The van der Waals surface area contributed by atoms with Crippen molar-refractivity contribution in [2.75, 3.05) is 16.8 Å². The molecule has 3 heterocycles. The summed E-state index contributed by atoms with van der Waals surface area (Å²) in [6.07, 6.45) is 0.838. The lowest BCUT2D eigenvalue weighted by molar-refractivity contribution is -0.123. The molecule has 2 bridgehead atoms. The van der Waals surface area contributed by atoms with Crippen LogP contribution in [0.1, 0.15) is 28.3 Å². The Morgan fingerprint density at radius 2 is 1.70 bits per heavy atom. The summed E-state index contributed by atoms with van der Waals surface area (Å²) in [6.45, 7) is 1.85. The van der Waals surface area contributed by atoms with E-state index in [4.69, 9.17) is 4.74 Å². The highest BCUT2D eigenvalue weighted by molar-refractivity contribution is 8.00. The first kappa shape index (κ1) is 27.4. The normalized spacial score (nSPS) is 28.0. The Kier molecular flexibility index (Phi) is 6.53. The minimum Gasteiger partial charge on any atom is -0.484 e. The second-order valence-electron chi connectivity index (χ2n) is 12.1. The molecule has 4 unspecified atom stereocenters. The summed E-state index contributed by atoms with van der Waals surface area (Å²) >= 11 is 2.91. The highest BCUT2D eigenvalue weighted by Crippen LogP contribution is 2.68. The van der Waals surface area contributed by atoms with Crippen LogP contribution in [-0.4, -0.2) is 34.6 Å². The fraction of sp³-hybridized carbons (Fsp3) is 0.294. The van der Waals surface area contributed by atoms with Gasteiger partial charge in [0.1, 0.15) is 5.75 Å². The van der Waals surface area contributed by atoms with Gasteiger partial charge in [0.2, 0.25) is 11.8 Å². The number of hydrogen-bond donors (Lipinski definition) is 2. The number of carbonyl (C=O) groups is 3. The van der Waals surface area contributed by atoms with Crippen LogP contribution in [0, 0.1) is 36.5 Å². The van der Waals surface area contributed by atoms with E-state index in [1.54, 1.807) is 11.8 Å². The van der Waals surface area contributed by atoms with Gasteiger partial charge in [0.15, 0.2) is 6.61 Å². The minimum absolute atomic E-state index is 0.0456. The number of amides is 3. The molecule has 4 aromatic rings. The van der Waals surface area contributed by atoms with Crippen LogP contribution in [0.5, 0.6) is 5.75 Å². The molecule has 7 atom stereocenters. The number of aryl methyl sites for hydroxylation is 1. The van der Waals surface area contributed by atoms with E-state index in [-0.39, 0.29) is 70.0 Å². The van der Waals surface area contributed by atoms with Gasteiger partial charge in [-0.05, 0) is 78.6 Å². The van der Waals surface area contributed by atoms with Gasteiger partial charge in [-0.1, -0.05) is 53.8 Å². The van der Waals surface area contributed by atoms with Crippen LogP contribution in [0.15, 0.2) is 88.7 Å². The van der Waals surface area contributed by atoms with Gasteiger partial charge in [-0.3, -0.25) is 24.1 Å². The monoisotopic (exact) mass is 623 g/mol. The molecule has 2 N–H and O–H groups in total. The largest absolute Gasteiger partial charge is 0.484 e. The molecule has 3 aromatic carbocycles. The lowest BCUT2D eigenvalue weighted by Crippen LogP contribution is -2.42. The van der Waals surface area contributed by atoms with E-state index in [1.165, 1.54) is 16.2 Å². The Labute approximate surface area is 261 Å². The SMILES string of the molecule is Cc1cccc(NC(=O)COc2ccc([C@H]3c4sc(=O)[nH]c4SC4C3[C@H]3C[C@@H]4C4C(=O)N(c5ccccc5)C(=O)C43)cc2)c1. The third kappa shape index (κ3) is 4.34. The van der Waals surface area contributed by atoms with Gasteiger partial charge in [0.05, 0.1) is 22.5 Å². The zero-order valence-electron chi connectivity index (χ0n) is 23.8. The Morgan fingerprint density at radius 3 is 2.45 bits per heavy atom. The van der Waals surface area contributed by atoms with Gasteiger partial charge in [-0.25, -0.2) is 0 Å². The molecule has 3 amide bonds. The Hall–Kier alpha value is -4.15. The summed E-state index contributed by atoms with van der Waals surface area (Å²) < 4.78 is 5.80. The van der Waals surface area contributed by atoms with Gasteiger partial charge < -0.3 is 15.0 Å². The van der Waals surface area contributed by atoms with Crippen LogP contribution in [0.2, 0.25) is 0 Å². The zero-order chi connectivity index (χ0) is 30.1. The second-order valence-corrected chi connectivity index (χ2v) is 14.3. The molecule has 44 heavy (non-hydrogen) atoms. The Bertz CT molecular complexity index is 1850. The summed E-state index contributed by atoms with van der Waals surface area (Å²) in [7, 11) is 0. The summed E-state index contributed by atoms with van der Waals surface area (Å²) in [5.41, 5.74) is 3.45. The minimum atomic E-state index is -0.344. The van der Waals surface area contributed by atoms with E-state index in [0.29, 0.717) is 11.4 Å². The number of nitrogens with one attached hydrogen (secondary N) is 2. The summed E-state index contributed by atoms with van der Waals surface area (Å²) in [5.74, 6) is -0.380. The number of nitrogens with zero attached hydrogens (tertiary/aromatic N) is 1. The molecule has 222 valence electrons. The van der Waals surface area contributed by atoms with Crippen molar-refractivity contribution in [3.63, 3.8) is 0 Å². The quantitative estimate of drug-likeness (QED) is 0.277. The van der Waals surface area contributed by atoms with Gasteiger partial charge in [0, 0.05) is 21.7 Å². The number of ether oxygens (including phenoxy) is 1. The first-order valence-corrected chi connectivity index (χ1v) is 16.5. The first-order chi connectivity index (χ1) is 21.4. The number of aromatic nitrogens is 1. The van der Waals surface area contributed by atoms with Crippen molar-refractivity contribution >= 4 is 52.2 Å². The predicted molar refractivity (Wildman–Crippen MR) is 169 cm³/mol. The van der Waals surface area contributed by atoms with E-state index in [0.717, 1.165) is 33.1 Å². The number of thioether (sulfide) groups is 1. The van der Waals surface area contributed by atoms with Crippen LogP contribution in [-0.2, 0) is 14.4 Å². The number of carbonyl (C=O) groups excluding carboxylic acids is 3. The number of benzene rings is 3. The van der Waals surface area contributed by atoms with E-state index >= 15 is 0 Å². The maximum absolute atomic E-state index is 13.9. The predicted octanol–water partition coefficient (Wildman–Crippen LogP) is 5.44. The van der Waals surface area contributed by atoms with E-state index in [2.05, 4.69) is 10.3 Å². The molecule has 0 spiro atoms. The van der Waals surface area contributed by atoms with E-state index in [9.17, 15) is 19.2 Å². The number of H-pyrrole nitrogens is 1. The molecule has 2 saturated carbocycles. The fourth-order valence-electron chi connectivity index (χ4n) is 8.06. The highest BCUT2D eigenvalue weighted by atomic mass is 32.2. The molecule has 1 aromatic heterocycles. The number of rotatable bonds is 6. The molecule has 8 nitrogen and oxygen atoms in total. The van der Waals surface area contributed by atoms with Crippen molar-refractivity contribution in [1.29, 1.82) is 0 Å². The fourth-order valence-corrected chi connectivity index (χ4v) is 11.0. The first-order valence-electron chi connectivity index (χ1n) is 14.8. The third-order valence-corrected chi connectivity index (χ3v) is 12.2. The van der Waals surface area contributed by atoms with Crippen molar-refractivity contribution < 1.29 is 19.1 Å². The van der Waals surface area contributed by atoms with Crippen molar-refractivity contribution in [3.05, 3.63) is 105 Å². The standard InChI is InChI=1S/C34H29N3O5S2/c1-17-6-5-7-19(14-17)35-24(38)16-42-21-12-10-18(11-13-21)25-26-22-15-23(29(26)43-31-30(25)44-34(41)36-31)28-27(22)32(39)37(33(28)40)20-8-3-2-4-9-20/h2-14,22-23,25-29H,15-16H2,1H3,(H,35,38)(H,36,41)/t22-,23-,25-,26?,27?,28?,29?/m1/s1. The third-order valence-electron chi connectivity index (χ3n) is 9.65. The molecule has 2 aliphatic carbocycles. The zero-order valence-corrected chi connectivity index (χ0v) is 25.4. The number of imide groups is 1. The molecule has 3 fully saturated rings. The average Bonchev–Trinajstić information content (AvgIpc) is 3.75. The summed E-state index contributed by atoms with van der Waals surface area (Å²) in [4.78, 5) is 58.0. The summed E-state index contributed by atoms with van der Waals surface area (Å²) in [6, 6.07) is 24.5. The molecule has 2 aliphatic heterocycles. The summed E-state index contributed by atoms with van der Waals surface area (Å²) in [5, 5.41) is 3.85. The van der Waals surface area contributed by atoms with Crippen LogP contribution in [0.25, 0.3) is 0 Å². The van der Waals surface area contributed by atoms with Crippen molar-refractivity contribution in [1.82, 2.24) is 4.98 Å². The lowest BCUT2D eigenvalue weighted by Gasteiger charge is -2.43. The number of para-hydroxylation sites is 1. The average molecular weight is 624 g/mol. The number of fused-ring (bicyclic) bond motifs is 9. The van der Waals surface area contributed by atoms with E-state index in [1.807, 2.05) is 85.8 Å². The molecule has 8 rings (SSSR count). The van der Waals surface area contributed by atoms with Crippen LogP contribution < -0.4 is 19.8 Å². The topological polar surface area (TPSA) is 109 Å². The molecular weight excluding hydrogens is 595 g/mol. The molecular formula is C34H29N3O5S2. The maximum Gasteiger partial charge on any atom is 0.305 e. The van der Waals surface area contributed by atoms with Crippen LogP contribution in [0.3, 0.4) is 0 Å². The van der Waals surface area contributed by atoms with Crippen molar-refractivity contribution in [2.45, 2.75) is 29.5 Å². The van der Waals surface area contributed by atoms with Gasteiger partial charge in [-0.15, -0.1) is 11.8 Å². The van der Waals surface area contributed by atoms with Gasteiger partial charge >= 0.3 is 4.87 Å². The van der Waals surface area contributed by atoms with E-state index < -0.39 is 0 Å². The second kappa shape index (κ2) is 10.5. The van der Waals surface area contributed by atoms with Crippen molar-refractivity contribution in [2.24, 2.45) is 29.6 Å². The number of aromatic amines is 1. The van der Waals surface area contributed by atoms with Crippen LogP contribution in [0.4, 0.5) is 11.4 Å². The number of hydrogen-bond acceptors (Lipinski definition) is 7. The molecule has 4 aliphatic rings. The lowest BCUT2D eigenvalue weighted by atomic mass is 9.68. The van der Waals surface area contributed by atoms with Gasteiger partial charge in [0.25, 0.3) is 5.91 Å². The smallest absolute Gasteiger partial charge is 0.305 e. The maximum atomic E-state index is 13.9. The Balaban J connectivity index is 1.06. The Morgan fingerprint density at radius 1 is 0.955 bits per heavy atom. The number of thiazole rings is 1. The van der Waals surface area contributed by atoms with Gasteiger partial charge in [-0.2, -0.15) is 0 Å². The molecule has 1 saturated heterocycles.